The summed E-state index contributed by atoms with van der Waals surface area (Å²) in [7, 11) is 1.62. The molecule has 0 saturated heterocycles. The quantitative estimate of drug-likeness (QED) is 0.619. The number of aryl methyl sites for hydroxylation is 1. The molecule has 27 heavy (non-hydrogen) atoms. The molecule has 6 heteroatoms. The average molecular weight is 366 g/mol. The number of carbonyl (C=O) groups excluding carboxylic acids is 1. The van der Waals surface area contributed by atoms with Crippen LogP contribution in [0.1, 0.15) is 11.5 Å². The molecule has 0 saturated carbocycles. The fourth-order valence-electron chi connectivity index (χ4n) is 2.54. The monoisotopic (exact) mass is 366 g/mol. The lowest BCUT2D eigenvalue weighted by atomic mass is 10.2. The van der Waals surface area contributed by atoms with E-state index in [1.54, 1.807) is 7.11 Å². The summed E-state index contributed by atoms with van der Waals surface area (Å²) < 4.78 is 16.4. The summed E-state index contributed by atoms with van der Waals surface area (Å²) in [6.45, 7) is 2.62. The fourth-order valence-corrected chi connectivity index (χ4v) is 2.54. The van der Waals surface area contributed by atoms with E-state index in [1.165, 1.54) is 0 Å². The molecule has 3 rings (SSSR count). The summed E-state index contributed by atoms with van der Waals surface area (Å²) in [5.74, 6) is 2.46. The first-order valence-corrected chi connectivity index (χ1v) is 8.71. The maximum absolute atomic E-state index is 12.1. The Balaban J connectivity index is 1.46. The number of methoxy groups -OCH3 is 1. The highest BCUT2D eigenvalue weighted by atomic mass is 16.5. The molecule has 0 radical (unpaired) electrons. The molecule has 0 aliphatic heterocycles. The Labute approximate surface area is 158 Å². The molecular formula is C21H22N2O4. The van der Waals surface area contributed by atoms with Gasteiger partial charge < -0.3 is 19.2 Å². The van der Waals surface area contributed by atoms with Gasteiger partial charge in [0.15, 0.2) is 0 Å². The van der Waals surface area contributed by atoms with Crippen LogP contribution in [0.5, 0.6) is 11.5 Å². The summed E-state index contributed by atoms with van der Waals surface area (Å²) in [6.07, 6.45) is 0.147. The highest BCUT2D eigenvalue weighted by Crippen LogP contribution is 2.21. The van der Waals surface area contributed by atoms with Crippen LogP contribution in [0.2, 0.25) is 0 Å². The molecule has 1 amide bonds. The normalized spacial score (nSPS) is 10.4. The molecule has 1 aromatic heterocycles. The molecule has 0 bridgehead atoms. The van der Waals surface area contributed by atoms with Crippen molar-refractivity contribution in [3.8, 4) is 23.0 Å². The van der Waals surface area contributed by atoms with Crippen molar-refractivity contribution in [2.75, 3.05) is 20.3 Å². The summed E-state index contributed by atoms with van der Waals surface area (Å²) in [6, 6.07) is 16.9. The van der Waals surface area contributed by atoms with E-state index in [0.29, 0.717) is 24.8 Å². The Morgan fingerprint density at radius 1 is 1.07 bits per heavy atom. The lowest BCUT2D eigenvalue weighted by molar-refractivity contribution is -0.120. The standard InChI is InChI=1S/C21H22N2O4/c1-15-19(27-21(23-15)16-6-4-3-5-7-16)14-20(24)22-12-13-26-18-10-8-17(25-2)9-11-18/h3-11H,12-14H2,1-2H3,(H,22,24). The van der Waals surface area contributed by atoms with Gasteiger partial charge >= 0.3 is 0 Å². The molecule has 0 aliphatic carbocycles. The molecule has 0 atom stereocenters. The zero-order chi connectivity index (χ0) is 19.1. The number of hydrogen-bond donors (Lipinski definition) is 1. The Kier molecular flexibility index (Phi) is 6.10. The number of ether oxygens (including phenoxy) is 2. The van der Waals surface area contributed by atoms with Crippen molar-refractivity contribution < 1.29 is 18.7 Å². The second kappa shape index (κ2) is 8.89. The zero-order valence-electron chi connectivity index (χ0n) is 15.4. The second-order valence-electron chi connectivity index (χ2n) is 5.94. The zero-order valence-corrected chi connectivity index (χ0v) is 15.4. The molecule has 0 unspecified atom stereocenters. The number of nitrogens with zero attached hydrogens (tertiary/aromatic N) is 1. The van der Waals surface area contributed by atoms with Crippen molar-refractivity contribution in [3.63, 3.8) is 0 Å². The first-order chi connectivity index (χ1) is 13.2. The van der Waals surface area contributed by atoms with E-state index in [-0.39, 0.29) is 12.3 Å². The second-order valence-corrected chi connectivity index (χ2v) is 5.94. The van der Waals surface area contributed by atoms with E-state index in [9.17, 15) is 4.79 Å². The summed E-state index contributed by atoms with van der Waals surface area (Å²) in [5, 5.41) is 2.82. The number of amides is 1. The highest BCUT2D eigenvalue weighted by Gasteiger charge is 2.14. The molecule has 3 aromatic rings. The molecule has 1 heterocycles. The van der Waals surface area contributed by atoms with E-state index in [2.05, 4.69) is 10.3 Å². The van der Waals surface area contributed by atoms with Crippen LogP contribution in [-0.2, 0) is 11.2 Å². The van der Waals surface area contributed by atoms with Crippen LogP contribution >= 0.6 is 0 Å². The third-order valence-electron chi connectivity index (χ3n) is 3.99. The fraction of sp³-hybridized carbons (Fsp3) is 0.238. The van der Waals surface area contributed by atoms with Crippen LogP contribution in [0.25, 0.3) is 11.5 Å². The van der Waals surface area contributed by atoms with Gasteiger partial charge in [-0.2, -0.15) is 0 Å². The minimum atomic E-state index is -0.132. The summed E-state index contributed by atoms with van der Waals surface area (Å²) in [4.78, 5) is 16.5. The number of carbonyl (C=O) groups is 1. The van der Waals surface area contributed by atoms with Crippen molar-refractivity contribution in [1.82, 2.24) is 10.3 Å². The molecule has 6 nitrogen and oxygen atoms in total. The van der Waals surface area contributed by atoms with Crippen molar-refractivity contribution in [1.29, 1.82) is 0 Å². The Morgan fingerprint density at radius 3 is 2.48 bits per heavy atom. The Bertz CT molecular complexity index is 873. The van der Waals surface area contributed by atoms with Crippen LogP contribution < -0.4 is 14.8 Å². The first kappa shape index (κ1) is 18.5. The highest BCUT2D eigenvalue weighted by molar-refractivity contribution is 5.78. The number of benzene rings is 2. The van der Waals surface area contributed by atoms with Crippen LogP contribution in [0, 0.1) is 6.92 Å². The number of aromatic nitrogens is 1. The van der Waals surface area contributed by atoms with Crippen molar-refractivity contribution in [3.05, 3.63) is 66.1 Å². The van der Waals surface area contributed by atoms with Crippen molar-refractivity contribution in [2.45, 2.75) is 13.3 Å². The molecule has 2 aromatic carbocycles. The number of oxazole rings is 1. The van der Waals surface area contributed by atoms with Gasteiger partial charge in [-0.3, -0.25) is 4.79 Å². The maximum atomic E-state index is 12.1. The Morgan fingerprint density at radius 2 is 1.78 bits per heavy atom. The van der Waals surface area contributed by atoms with Crippen LogP contribution in [0.3, 0.4) is 0 Å². The van der Waals surface area contributed by atoms with Crippen molar-refractivity contribution in [2.24, 2.45) is 0 Å². The largest absolute Gasteiger partial charge is 0.497 e. The predicted molar refractivity (Wildman–Crippen MR) is 102 cm³/mol. The number of hydrogen-bond acceptors (Lipinski definition) is 5. The average Bonchev–Trinajstić information content (AvgIpc) is 3.07. The minimum absolute atomic E-state index is 0.132. The third-order valence-corrected chi connectivity index (χ3v) is 3.99. The van der Waals surface area contributed by atoms with E-state index >= 15 is 0 Å². The molecule has 0 fully saturated rings. The van der Waals surface area contributed by atoms with Gasteiger partial charge in [0.05, 0.1) is 25.8 Å². The third kappa shape index (κ3) is 5.10. The first-order valence-electron chi connectivity index (χ1n) is 8.71. The molecule has 0 spiro atoms. The van der Waals surface area contributed by atoms with E-state index in [1.807, 2.05) is 61.5 Å². The van der Waals surface area contributed by atoms with Gasteiger partial charge in [0, 0.05) is 5.56 Å². The van der Waals surface area contributed by atoms with Crippen LogP contribution in [0.15, 0.2) is 59.0 Å². The summed E-state index contributed by atoms with van der Waals surface area (Å²) in [5.41, 5.74) is 1.61. The van der Waals surface area contributed by atoms with Gasteiger partial charge in [-0.05, 0) is 43.3 Å². The molecular weight excluding hydrogens is 344 g/mol. The lowest BCUT2D eigenvalue weighted by Crippen LogP contribution is -2.29. The maximum Gasteiger partial charge on any atom is 0.227 e. The van der Waals surface area contributed by atoms with Gasteiger partial charge in [-0.25, -0.2) is 4.98 Å². The van der Waals surface area contributed by atoms with Crippen LogP contribution in [0.4, 0.5) is 0 Å². The van der Waals surface area contributed by atoms with Crippen molar-refractivity contribution >= 4 is 5.91 Å². The number of nitrogens with one attached hydrogen (secondary N) is 1. The number of rotatable bonds is 8. The molecule has 0 aliphatic rings. The topological polar surface area (TPSA) is 73.6 Å². The van der Waals surface area contributed by atoms with Crippen LogP contribution in [-0.4, -0.2) is 31.2 Å². The van der Waals surface area contributed by atoms with Gasteiger partial charge in [0.25, 0.3) is 0 Å². The SMILES string of the molecule is COc1ccc(OCCNC(=O)Cc2oc(-c3ccccc3)nc2C)cc1. The van der Waals surface area contributed by atoms with E-state index in [0.717, 1.165) is 22.8 Å². The summed E-state index contributed by atoms with van der Waals surface area (Å²) >= 11 is 0. The lowest BCUT2D eigenvalue weighted by Gasteiger charge is -2.08. The van der Waals surface area contributed by atoms with Gasteiger partial charge in [0.2, 0.25) is 11.8 Å². The van der Waals surface area contributed by atoms with Gasteiger partial charge in [-0.15, -0.1) is 0 Å². The van der Waals surface area contributed by atoms with Gasteiger partial charge in [0.1, 0.15) is 23.9 Å². The predicted octanol–water partition coefficient (Wildman–Crippen LogP) is 3.40. The van der Waals surface area contributed by atoms with E-state index < -0.39 is 0 Å². The van der Waals surface area contributed by atoms with Gasteiger partial charge in [-0.1, -0.05) is 18.2 Å². The molecule has 1 N–H and O–H groups in total. The molecule has 140 valence electrons. The minimum Gasteiger partial charge on any atom is -0.497 e. The Hall–Kier alpha value is -3.28. The smallest absolute Gasteiger partial charge is 0.227 e. The van der Waals surface area contributed by atoms with E-state index in [4.69, 9.17) is 13.9 Å².